The van der Waals surface area contributed by atoms with E-state index in [9.17, 15) is 0 Å². The van der Waals surface area contributed by atoms with E-state index in [4.69, 9.17) is 0 Å². The summed E-state index contributed by atoms with van der Waals surface area (Å²) in [4.78, 5) is 0. The fourth-order valence-corrected chi connectivity index (χ4v) is 1.17. The molecule has 1 aromatic rings. The number of nitrogens with zero attached hydrogens (tertiary/aromatic N) is 4. The van der Waals surface area contributed by atoms with E-state index in [1.165, 1.54) is 0 Å². The van der Waals surface area contributed by atoms with Gasteiger partial charge in [-0.2, -0.15) is 0 Å². The summed E-state index contributed by atoms with van der Waals surface area (Å²) in [6.07, 6.45) is 0. The molecule has 0 saturated carbocycles. The van der Waals surface area contributed by atoms with Gasteiger partial charge in [-0.05, 0) is 19.8 Å². The molecule has 1 atom stereocenters. The Morgan fingerprint density at radius 2 is 2.00 bits per heavy atom. The van der Waals surface area contributed by atoms with Gasteiger partial charge in [-0.15, -0.1) is 5.10 Å². The highest BCUT2D eigenvalue weighted by atomic mass is 31.0. The summed E-state index contributed by atoms with van der Waals surface area (Å²) in [5, 5.41) is 11.1. The molecule has 1 rings (SSSR count). The molecule has 0 amide bonds. The minimum atomic E-state index is 0.0191. The molecule has 0 aliphatic rings. The Kier molecular flexibility index (Phi) is 1.73. The van der Waals surface area contributed by atoms with Crippen LogP contribution >= 0.6 is 9.39 Å². The zero-order chi connectivity index (χ0) is 7.78. The van der Waals surface area contributed by atoms with Crippen molar-refractivity contribution in [3.05, 3.63) is 5.82 Å². The van der Waals surface area contributed by atoms with Crippen molar-refractivity contribution >= 4 is 9.39 Å². The number of rotatable bonds is 0. The SMILES string of the molecule is CC(C)(C)c1nnnn1P. The predicted octanol–water partition coefficient (Wildman–Crippen LogP) is 0.609. The first-order valence-electron chi connectivity index (χ1n) is 3.06. The van der Waals surface area contributed by atoms with Crippen LogP contribution in [0.15, 0.2) is 0 Å². The monoisotopic (exact) mass is 158 g/mol. The topological polar surface area (TPSA) is 43.6 Å². The first-order valence-corrected chi connectivity index (χ1v) is 3.57. The predicted molar refractivity (Wildman–Crippen MR) is 41.6 cm³/mol. The average molecular weight is 158 g/mol. The van der Waals surface area contributed by atoms with E-state index in [1.807, 2.05) is 0 Å². The lowest BCUT2D eigenvalue weighted by molar-refractivity contribution is 0.539. The Hall–Kier alpha value is -0.500. The van der Waals surface area contributed by atoms with Crippen LogP contribution in [0.2, 0.25) is 0 Å². The molecule has 1 heterocycles. The van der Waals surface area contributed by atoms with Gasteiger partial charge in [0.15, 0.2) is 5.82 Å². The van der Waals surface area contributed by atoms with Crippen LogP contribution in [0.25, 0.3) is 0 Å². The first-order chi connectivity index (χ1) is 4.52. The summed E-state index contributed by atoms with van der Waals surface area (Å²) in [6, 6.07) is 0. The Morgan fingerprint density at radius 1 is 1.40 bits per heavy atom. The maximum absolute atomic E-state index is 3.87. The van der Waals surface area contributed by atoms with Gasteiger partial charge in [0.2, 0.25) is 0 Å². The zero-order valence-corrected chi connectivity index (χ0v) is 7.52. The molecular formula is C5H11N4P. The molecule has 56 valence electrons. The molecule has 0 saturated heterocycles. The number of hydrogen-bond acceptors (Lipinski definition) is 3. The molecule has 0 bridgehead atoms. The summed E-state index contributed by atoms with van der Waals surface area (Å²) in [5.74, 6) is 0.873. The third-order valence-electron chi connectivity index (χ3n) is 1.16. The Morgan fingerprint density at radius 3 is 2.20 bits per heavy atom. The summed E-state index contributed by atoms with van der Waals surface area (Å²) in [6.45, 7) is 6.21. The molecule has 0 N–H and O–H groups in total. The van der Waals surface area contributed by atoms with Crippen LogP contribution in [-0.4, -0.2) is 20.0 Å². The molecule has 0 aromatic carbocycles. The quantitative estimate of drug-likeness (QED) is 0.519. The molecule has 0 aliphatic heterocycles. The lowest BCUT2D eigenvalue weighted by Crippen LogP contribution is -2.15. The van der Waals surface area contributed by atoms with E-state index in [0.717, 1.165) is 5.82 Å². The molecule has 5 heteroatoms. The lowest BCUT2D eigenvalue weighted by Gasteiger charge is -2.14. The van der Waals surface area contributed by atoms with Gasteiger partial charge in [-0.3, -0.25) is 0 Å². The molecule has 10 heavy (non-hydrogen) atoms. The van der Waals surface area contributed by atoms with E-state index >= 15 is 0 Å². The maximum atomic E-state index is 3.87. The Balaban J connectivity index is 3.05. The van der Waals surface area contributed by atoms with Gasteiger partial charge >= 0.3 is 0 Å². The van der Waals surface area contributed by atoms with Gasteiger partial charge in [-0.25, -0.2) is 4.45 Å². The van der Waals surface area contributed by atoms with Crippen LogP contribution in [-0.2, 0) is 5.41 Å². The van der Waals surface area contributed by atoms with Crippen LogP contribution in [0, 0.1) is 0 Å². The largest absolute Gasteiger partial charge is 0.215 e. The summed E-state index contributed by atoms with van der Waals surface area (Å²) < 4.78 is 1.61. The highest BCUT2D eigenvalue weighted by Gasteiger charge is 2.19. The highest BCUT2D eigenvalue weighted by Crippen LogP contribution is 2.19. The second-order valence-corrected chi connectivity index (χ2v) is 3.69. The van der Waals surface area contributed by atoms with Crippen LogP contribution < -0.4 is 0 Å². The van der Waals surface area contributed by atoms with Gasteiger partial charge in [0, 0.05) is 5.41 Å². The first kappa shape index (κ1) is 7.61. The third kappa shape index (κ3) is 1.32. The van der Waals surface area contributed by atoms with Crippen LogP contribution in [0.4, 0.5) is 0 Å². The van der Waals surface area contributed by atoms with Gasteiger partial charge in [0.05, 0.1) is 0 Å². The smallest absolute Gasteiger partial charge is 0.159 e. The molecule has 4 nitrogen and oxygen atoms in total. The van der Waals surface area contributed by atoms with Crippen molar-refractivity contribution in [1.82, 2.24) is 20.0 Å². The molecule has 0 spiro atoms. The number of hydrogen-bond donors (Lipinski definition) is 0. The van der Waals surface area contributed by atoms with E-state index in [1.54, 1.807) is 4.45 Å². The van der Waals surface area contributed by atoms with Crippen molar-refractivity contribution < 1.29 is 0 Å². The minimum absolute atomic E-state index is 0.0191. The molecule has 1 unspecified atom stereocenters. The Labute approximate surface area is 62.3 Å². The third-order valence-corrected chi connectivity index (χ3v) is 1.51. The zero-order valence-electron chi connectivity index (χ0n) is 6.37. The highest BCUT2D eigenvalue weighted by molar-refractivity contribution is 7.14. The van der Waals surface area contributed by atoms with Gasteiger partial charge in [-0.1, -0.05) is 20.8 Å². The maximum Gasteiger partial charge on any atom is 0.159 e. The second kappa shape index (κ2) is 2.27. The fourth-order valence-electron chi connectivity index (χ4n) is 0.687. The van der Waals surface area contributed by atoms with Crippen LogP contribution in [0.3, 0.4) is 0 Å². The average Bonchev–Trinajstić information content (AvgIpc) is 2.11. The second-order valence-electron chi connectivity index (χ2n) is 3.20. The van der Waals surface area contributed by atoms with E-state index in [-0.39, 0.29) is 5.41 Å². The Bertz CT molecular complexity index is 224. The summed E-state index contributed by atoms with van der Waals surface area (Å²) in [7, 11) is 2.44. The minimum Gasteiger partial charge on any atom is -0.215 e. The molecular weight excluding hydrogens is 147 g/mol. The van der Waals surface area contributed by atoms with Crippen molar-refractivity contribution in [3.8, 4) is 0 Å². The van der Waals surface area contributed by atoms with Gasteiger partial charge in [0.25, 0.3) is 0 Å². The fraction of sp³-hybridized carbons (Fsp3) is 0.800. The van der Waals surface area contributed by atoms with Gasteiger partial charge < -0.3 is 0 Å². The molecule has 0 aliphatic carbocycles. The van der Waals surface area contributed by atoms with Crippen molar-refractivity contribution in [2.24, 2.45) is 0 Å². The van der Waals surface area contributed by atoms with Crippen LogP contribution in [0.5, 0.6) is 0 Å². The van der Waals surface area contributed by atoms with E-state index in [0.29, 0.717) is 0 Å². The number of aromatic nitrogens is 4. The van der Waals surface area contributed by atoms with Crippen molar-refractivity contribution in [3.63, 3.8) is 0 Å². The van der Waals surface area contributed by atoms with E-state index < -0.39 is 0 Å². The molecule has 1 aromatic heterocycles. The number of tetrazole rings is 1. The summed E-state index contributed by atoms with van der Waals surface area (Å²) in [5.41, 5.74) is 0.0191. The van der Waals surface area contributed by atoms with Crippen LogP contribution in [0.1, 0.15) is 26.6 Å². The standard InChI is InChI=1S/C5H11N4P/c1-5(2,3)4-6-7-8-9(4)10/h10H2,1-3H3. The van der Waals surface area contributed by atoms with Crippen molar-refractivity contribution in [2.75, 3.05) is 0 Å². The van der Waals surface area contributed by atoms with Crippen molar-refractivity contribution in [1.29, 1.82) is 0 Å². The molecule has 0 fully saturated rings. The molecule has 0 radical (unpaired) electrons. The van der Waals surface area contributed by atoms with E-state index in [2.05, 4.69) is 45.7 Å². The normalized spacial score (nSPS) is 12.0. The van der Waals surface area contributed by atoms with Gasteiger partial charge in [0.1, 0.15) is 0 Å². The van der Waals surface area contributed by atoms with Crippen molar-refractivity contribution in [2.45, 2.75) is 26.2 Å². The lowest BCUT2D eigenvalue weighted by atomic mass is 9.96. The summed E-state index contributed by atoms with van der Waals surface area (Å²) >= 11 is 0.